The molecule has 2 heteroatoms. The van der Waals surface area contributed by atoms with Crippen molar-refractivity contribution in [1.82, 2.24) is 0 Å². The molecule has 0 N–H and O–H groups in total. The van der Waals surface area contributed by atoms with Crippen LogP contribution in [0.3, 0.4) is 0 Å². The summed E-state index contributed by atoms with van der Waals surface area (Å²) in [5, 5.41) is 0. The fourth-order valence-electron chi connectivity index (χ4n) is 4.21. The largest absolute Gasteiger partial charge is 0.497 e. The summed E-state index contributed by atoms with van der Waals surface area (Å²) in [5.41, 5.74) is 5.56. The highest BCUT2D eigenvalue weighted by Gasteiger charge is 2.32. The van der Waals surface area contributed by atoms with Crippen molar-refractivity contribution < 1.29 is 9.47 Å². The molecule has 26 heavy (non-hydrogen) atoms. The Bertz CT molecular complexity index is 868. The van der Waals surface area contributed by atoms with Crippen LogP contribution in [0.15, 0.2) is 72.8 Å². The molecule has 0 aliphatic heterocycles. The molecule has 0 amide bonds. The lowest BCUT2D eigenvalue weighted by molar-refractivity contribution is 0.412. The minimum absolute atomic E-state index is 0.345. The molecule has 132 valence electrons. The molecule has 2 nitrogen and oxygen atoms in total. The van der Waals surface area contributed by atoms with Crippen molar-refractivity contribution in [3.8, 4) is 11.5 Å². The van der Waals surface area contributed by atoms with E-state index in [1.165, 1.54) is 22.3 Å². The SMILES string of the molecule is COc1ccc(C2c3ccc(OC)cc3CCC2c2ccccc2)cc1. The second-order valence-electron chi connectivity index (χ2n) is 6.87. The molecule has 0 bridgehead atoms. The fraction of sp³-hybridized carbons (Fsp3) is 0.250. The molecular formula is C24H24O2. The predicted octanol–water partition coefficient (Wildman–Crippen LogP) is 5.57. The Balaban J connectivity index is 1.82. The van der Waals surface area contributed by atoms with Gasteiger partial charge in [0.2, 0.25) is 0 Å². The van der Waals surface area contributed by atoms with Crippen molar-refractivity contribution in [2.24, 2.45) is 0 Å². The van der Waals surface area contributed by atoms with Gasteiger partial charge in [0.25, 0.3) is 0 Å². The average Bonchev–Trinajstić information content (AvgIpc) is 2.73. The highest BCUT2D eigenvalue weighted by Crippen LogP contribution is 2.47. The van der Waals surface area contributed by atoms with Crippen molar-refractivity contribution >= 4 is 0 Å². The Morgan fingerprint density at radius 1 is 0.731 bits per heavy atom. The van der Waals surface area contributed by atoms with Crippen LogP contribution in [0, 0.1) is 0 Å². The van der Waals surface area contributed by atoms with E-state index in [0.717, 1.165) is 24.3 Å². The van der Waals surface area contributed by atoms with Crippen LogP contribution in [0.25, 0.3) is 0 Å². The number of methoxy groups -OCH3 is 2. The van der Waals surface area contributed by atoms with Gasteiger partial charge in [-0.3, -0.25) is 0 Å². The topological polar surface area (TPSA) is 18.5 Å². The van der Waals surface area contributed by atoms with Gasteiger partial charge >= 0.3 is 0 Å². The molecule has 3 aromatic rings. The normalized spacial score (nSPS) is 18.8. The minimum Gasteiger partial charge on any atom is -0.497 e. The first-order valence-electron chi connectivity index (χ1n) is 9.16. The lowest BCUT2D eigenvalue weighted by Gasteiger charge is -2.35. The van der Waals surface area contributed by atoms with Gasteiger partial charge in [-0.25, -0.2) is 0 Å². The van der Waals surface area contributed by atoms with E-state index in [-0.39, 0.29) is 0 Å². The molecule has 1 aliphatic carbocycles. The van der Waals surface area contributed by atoms with E-state index < -0.39 is 0 Å². The van der Waals surface area contributed by atoms with Crippen molar-refractivity contribution in [1.29, 1.82) is 0 Å². The molecule has 1 aliphatic rings. The lowest BCUT2D eigenvalue weighted by Crippen LogP contribution is -2.20. The lowest BCUT2D eigenvalue weighted by atomic mass is 9.69. The van der Waals surface area contributed by atoms with Crippen LogP contribution in [-0.2, 0) is 6.42 Å². The van der Waals surface area contributed by atoms with Gasteiger partial charge in [-0.15, -0.1) is 0 Å². The molecular weight excluding hydrogens is 320 g/mol. The second kappa shape index (κ2) is 7.25. The van der Waals surface area contributed by atoms with Gasteiger partial charge in [0.05, 0.1) is 14.2 Å². The summed E-state index contributed by atoms with van der Waals surface area (Å²) in [5.74, 6) is 2.66. The molecule has 3 aromatic carbocycles. The zero-order chi connectivity index (χ0) is 17.9. The van der Waals surface area contributed by atoms with E-state index >= 15 is 0 Å². The van der Waals surface area contributed by atoms with E-state index in [1.807, 2.05) is 0 Å². The summed E-state index contributed by atoms with van der Waals surface area (Å²) < 4.78 is 10.8. The Kier molecular flexibility index (Phi) is 4.66. The van der Waals surface area contributed by atoms with Crippen LogP contribution in [0.1, 0.15) is 40.5 Å². The number of hydrogen-bond donors (Lipinski definition) is 0. The maximum absolute atomic E-state index is 5.45. The number of hydrogen-bond acceptors (Lipinski definition) is 2. The van der Waals surface area contributed by atoms with Gasteiger partial charge in [0.15, 0.2) is 0 Å². The standard InChI is InChI=1S/C24H24O2/c1-25-20-11-8-18(9-12-20)24-22(17-6-4-3-5-7-17)14-10-19-16-21(26-2)13-15-23(19)24/h3-9,11-13,15-16,22,24H,10,14H2,1-2H3. The summed E-state index contributed by atoms with van der Waals surface area (Å²) in [7, 11) is 3.45. The third kappa shape index (κ3) is 3.08. The molecule has 0 saturated carbocycles. The summed E-state index contributed by atoms with van der Waals surface area (Å²) in [6.45, 7) is 0. The molecule has 2 atom stereocenters. The van der Waals surface area contributed by atoms with E-state index in [1.54, 1.807) is 14.2 Å². The molecule has 0 radical (unpaired) electrons. The minimum atomic E-state index is 0.345. The van der Waals surface area contributed by atoms with Crippen LogP contribution in [0.5, 0.6) is 11.5 Å². The number of fused-ring (bicyclic) bond motifs is 1. The smallest absolute Gasteiger partial charge is 0.119 e. The second-order valence-corrected chi connectivity index (χ2v) is 6.87. The maximum Gasteiger partial charge on any atom is 0.119 e. The molecule has 4 rings (SSSR count). The van der Waals surface area contributed by atoms with Gasteiger partial charge in [-0.2, -0.15) is 0 Å². The number of benzene rings is 3. The maximum atomic E-state index is 5.45. The van der Waals surface area contributed by atoms with Crippen LogP contribution >= 0.6 is 0 Å². The molecule has 2 unspecified atom stereocenters. The van der Waals surface area contributed by atoms with Crippen molar-refractivity contribution in [3.05, 3.63) is 95.1 Å². The van der Waals surface area contributed by atoms with Crippen LogP contribution in [-0.4, -0.2) is 14.2 Å². The molecule has 0 aromatic heterocycles. The van der Waals surface area contributed by atoms with Crippen molar-refractivity contribution in [3.63, 3.8) is 0 Å². The van der Waals surface area contributed by atoms with Gasteiger partial charge < -0.3 is 9.47 Å². The van der Waals surface area contributed by atoms with E-state index in [9.17, 15) is 0 Å². The highest BCUT2D eigenvalue weighted by atomic mass is 16.5. The molecule has 0 heterocycles. The monoisotopic (exact) mass is 344 g/mol. The number of ether oxygens (including phenoxy) is 2. The zero-order valence-corrected chi connectivity index (χ0v) is 15.3. The van der Waals surface area contributed by atoms with Gasteiger partial charge in [0.1, 0.15) is 11.5 Å². The Morgan fingerprint density at radius 2 is 1.42 bits per heavy atom. The van der Waals surface area contributed by atoms with E-state index in [0.29, 0.717) is 11.8 Å². The van der Waals surface area contributed by atoms with Crippen LogP contribution in [0.4, 0.5) is 0 Å². The van der Waals surface area contributed by atoms with E-state index in [2.05, 4.69) is 72.8 Å². The van der Waals surface area contributed by atoms with Gasteiger partial charge in [-0.1, -0.05) is 48.5 Å². The highest BCUT2D eigenvalue weighted by molar-refractivity contribution is 5.48. The first-order valence-corrected chi connectivity index (χ1v) is 9.16. The quantitative estimate of drug-likeness (QED) is 0.616. The van der Waals surface area contributed by atoms with Crippen molar-refractivity contribution in [2.45, 2.75) is 24.7 Å². The number of aryl methyl sites for hydroxylation is 1. The predicted molar refractivity (Wildman–Crippen MR) is 105 cm³/mol. The first kappa shape index (κ1) is 16.7. The average molecular weight is 344 g/mol. The third-order valence-electron chi connectivity index (χ3n) is 5.51. The van der Waals surface area contributed by atoms with Crippen molar-refractivity contribution in [2.75, 3.05) is 14.2 Å². The van der Waals surface area contributed by atoms with Crippen LogP contribution in [0.2, 0.25) is 0 Å². The van der Waals surface area contributed by atoms with Crippen LogP contribution < -0.4 is 9.47 Å². The summed E-state index contributed by atoms with van der Waals surface area (Å²) in [4.78, 5) is 0. The molecule has 0 spiro atoms. The Morgan fingerprint density at radius 3 is 2.12 bits per heavy atom. The van der Waals surface area contributed by atoms with Gasteiger partial charge in [0, 0.05) is 5.92 Å². The molecule has 0 saturated heterocycles. The first-order chi connectivity index (χ1) is 12.8. The Labute approximate surface area is 155 Å². The summed E-state index contributed by atoms with van der Waals surface area (Å²) >= 11 is 0. The fourth-order valence-corrected chi connectivity index (χ4v) is 4.21. The molecule has 0 fully saturated rings. The van der Waals surface area contributed by atoms with Gasteiger partial charge in [-0.05, 0) is 65.3 Å². The zero-order valence-electron chi connectivity index (χ0n) is 15.3. The Hall–Kier alpha value is -2.74. The summed E-state index contributed by atoms with van der Waals surface area (Å²) in [6, 6.07) is 26.0. The third-order valence-corrected chi connectivity index (χ3v) is 5.51. The summed E-state index contributed by atoms with van der Waals surface area (Å²) in [6.07, 6.45) is 2.22. The number of rotatable bonds is 4. The van der Waals surface area contributed by atoms with E-state index in [4.69, 9.17) is 9.47 Å².